The van der Waals surface area contributed by atoms with Crippen molar-refractivity contribution in [3.05, 3.63) is 83.4 Å². The number of halogens is 1. The van der Waals surface area contributed by atoms with E-state index in [-0.39, 0.29) is 17.4 Å². The Bertz CT molecular complexity index is 1510. The fraction of sp³-hybridized carbons (Fsp3) is 0.276. The predicted octanol–water partition coefficient (Wildman–Crippen LogP) is 4.54. The number of amides is 2. The molecule has 0 radical (unpaired) electrons. The van der Waals surface area contributed by atoms with E-state index >= 15 is 4.39 Å². The molecule has 1 aliphatic heterocycles. The van der Waals surface area contributed by atoms with Gasteiger partial charge in [0.25, 0.3) is 11.8 Å². The Morgan fingerprint density at radius 3 is 2.71 bits per heavy atom. The van der Waals surface area contributed by atoms with Crippen molar-refractivity contribution in [3.8, 4) is 11.3 Å². The molecule has 4 aromatic rings. The lowest BCUT2D eigenvalue weighted by atomic mass is 10.0. The summed E-state index contributed by atoms with van der Waals surface area (Å²) in [4.78, 5) is 33.2. The zero-order chi connectivity index (χ0) is 26.8. The molecular weight excluding hydrogens is 483 g/mol. The smallest absolute Gasteiger partial charge is 0.256 e. The molecule has 2 N–H and O–H groups in total. The molecule has 9 heteroatoms. The van der Waals surface area contributed by atoms with Crippen LogP contribution in [0.1, 0.15) is 40.1 Å². The third-order valence-corrected chi connectivity index (χ3v) is 7.07. The Hall–Kier alpha value is -4.24. The number of aromatic nitrogens is 2. The second kappa shape index (κ2) is 10.6. The highest BCUT2D eigenvalue weighted by molar-refractivity contribution is 5.99. The van der Waals surface area contributed by atoms with Crippen molar-refractivity contribution in [1.29, 1.82) is 0 Å². The number of anilines is 2. The van der Waals surface area contributed by atoms with Crippen molar-refractivity contribution < 1.29 is 14.0 Å². The van der Waals surface area contributed by atoms with E-state index in [4.69, 9.17) is 0 Å². The van der Waals surface area contributed by atoms with E-state index in [1.165, 1.54) is 12.1 Å². The first-order chi connectivity index (χ1) is 18.4. The Balaban J connectivity index is 1.37. The van der Waals surface area contributed by atoms with Crippen LogP contribution in [0.4, 0.5) is 15.8 Å². The van der Waals surface area contributed by atoms with E-state index in [0.29, 0.717) is 42.2 Å². The largest absolute Gasteiger partial charge is 0.352 e. The van der Waals surface area contributed by atoms with Gasteiger partial charge in [-0.2, -0.15) is 0 Å². The second-order valence-electron chi connectivity index (χ2n) is 9.41. The van der Waals surface area contributed by atoms with Gasteiger partial charge in [0, 0.05) is 49.8 Å². The third kappa shape index (κ3) is 4.84. The molecule has 0 atom stereocenters. The van der Waals surface area contributed by atoms with E-state index in [2.05, 4.69) is 27.4 Å². The van der Waals surface area contributed by atoms with Crippen LogP contribution in [0.25, 0.3) is 16.9 Å². The first kappa shape index (κ1) is 25.4. The second-order valence-corrected chi connectivity index (χ2v) is 9.41. The maximum Gasteiger partial charge on any atom is 0.256 e. The Morgan fingerprint density at radius 2 is 1.95 bits per heavy atom. The maximum absolute atomic E-state index is 15.1. The number of pyridine rings is 1. The van der Waals surface area contributed by atoms with Gasteiger partial charge in [-0.05, 0) is 74.1 Å². The topological polar surface area (TPSA) is 82.0 Å². The average molecular weight is 515 g/mol. The number of fused-ring (bicyclic) bond motifs is 2. The van der Waals surface area contributed by atoms with Crippen molar-refractivity contribution in [2.45, 2.75) is 20.4 Å². The molecule has 2 aromatic heterocycles. The van der Waals surface area contributed by atoms with E-state index in [1.54, 1.807) is 17.2 Å². The van der Waals surface area contributed by atoms with E-state index in [1.807, 2.05) is 54.9 Å². The number of hydrogen-bond donors (Lipinski definition) is 2. The zero-order valence-corrected chi connectivity index (χ0v) is 21.8. The minimum absolute atomic E-state index is 0.0506. The fourth-order valence-electron chi connectivity index (χ4n) is 4.68. The number of nitrogens with one attached hydrogen (secondary N) is 2. The summed E-state index contributed by atoms with van der Waals surface area (Å²) in [5.74, 6) is -0.933. The van der Waals surface area contributed by atoms with Crippen LogP contribution in [0.2, 0.25) is 0 Å². The molecule has 0 saturated heterocycles. The van der Waals surface area contributed by atoms with Gasteiger partial charge in [-0.15, -0.1) is 0 Å². The summed E-state index contributed by atoms with van der Waals surface area (Å²) in [6, 6.07) is 14.2. The van der Waals surface area contributed by atoms with Gasteiger partial charge < -0.3 is 20.4 Å². The molecule has 0 unspecified atom stereocenters. The standard InChI is InChI=1S/C29H31FN6O2/c1-4-34(3)14-15-35(5-2)29(38)23-9-7-21(17-24(23)30)33-25-10-11-26(36-13-12-31-27(25)36)19-6-8-22-20(16-19)18-32-28(22)37/h6-13,16-17,33H,4-5,14-15,18H2,1-3H3,(H,32,37). The summed E-state index contributed by atoms with van der Waals surface area (Å²) in [5, 5.41) is 6.09. The van der Waals surface area contributed by atoms with E-state index in [9.17, 15) is 9.59 Å². The highest BCUT2D eigenvalue weighted by atomic mass is 19.1. The van der Waals surface area contributed by atoms with Gasteiger partial charge in [0.1, 0.15) is 5.82 Å². The monoisotopic (exact) mass is 514 g/mol. The number of imidazole rings is 1. The molecule has 38 heavy (non-hydrogen) atoms. The SMILES string of the molecule is CCN(C)CCN(CC)C(=O)c1ccc(Nc2ccc(-c3ccc4c(c3)CNC4=O)n3ccnc23)cc1F. The number of rotatable bonds is 9. The quantitative estimate of drug-likeness (QED) is 0.343. The number of benzene rings is 2. The van der Waals surface area contributed by atoms with Crippen molar-refractivity contribution >= 4 is 28.8 Å². The van der Waals surface area contributed by atoms with Crippen molar-refractivity contribution in [3.63, 3.8) is 0 Å². The number of carbonyl (C=O) groups excluding carboxylic acids is 2. The highest BCUT2D eigenvalue weighted by Crippen LogP contribution is 2.30. The van der Waals surface area contributed by atoms with Crippen molar-refractivity contribution in [1.82, 2.24) is 24.5 Å². The Morgan fingerprint density at radius 1 is 1.11 bits per heavy atom. The van der Waals surface area contributed by atoms with Crippen molar-refractivity contribution in [2.75, 3.05) is 38.5 Å². The van der Waals surface area contributed by atoms with Crippen LogP contribution in [0.3, 0.4) is 0 Å². The van der Waals surface area contributed by atoms with Crippen LogP contribution in [0, 0.1) is 5.82 Å². The van der Waals surface area contributed by atoms with Crippen LogP contribution < -0.4 is 10.6 Å². The van der Waals surface area contributed by atoms with Crippen LogP contribution in [-0.2, 0) is 6.54 Å². The number of carbonyl (C=O) groups is 2. The van der Waals surface area contributed by atoms with Crippen LogP contribution >= 0.6 is 0 Å². The third-order valence-electron chi connectivity index (χ3n) is 7.07. The molecule has 8 nitrogen and oxygen atoms in total. The first-order valence-corrected chi connectivity index (χ1v) is 12.8. The van der Waals surface area contributed by atoms with Crippen molar-refractivity contribution in [2.24, 2.45) is 0 Å². The summed E-state index contributed by atoms with van der Waals surface area (Å²) in [6.45, 7) is 7.14. The molecule has 1 aliphatic rings. The number of likely N-dealkylation sites (N-methyl/N-ethyl adjacent to an activating group) is 2. The molecule has 2 aromatic carbocycles. The highest BCUT2D eigenvalue weighted by Gasteiger charge is 2.21. The van der Waals surface area contributed by atoms with Gasteiger partial charge in [0.05, 0.1) is 16.9 Å². The molecule has 0 aliphatic carbocycles. The zero-order valence-electron chi connectivity index (χ0n) is 21.8. The van der Waals surface area contributed by atoms with Gasteiger partial charge >= 0.3 is 0 Å². The molecule has 5 rings (SSSR count). The maximum atomic E-state index is 15.1. The molecule has 0 spiro atoms. The summed E-state index contributed by atoms with van der Waals surface area (Å²) < 4.78 is 17.0. The molecular formula is C29H31FN6O2. The van der Waals surface area contributed by atoms with Gasteiger partial charge in [-0.25, -0.2) is 9.37 Å². The van der Waals surface area contributed by atoms with Gasteiger partial charge in [-0.3, -0.25) is 14.0 Å². The lowest BCUT2D eigenvalue weighted by Crippen LogP contribution is -2.37. The minimum Gasteiger partial charge on any atom is -0.352 e. The molecule has 0 saturated carbocycles. The normalized spacial score (nSPS) is 12.6. The average Bonchev–Trinajstić information content (AvgIpc) is 3.56. The summed E-state index contributed by atoms with van der Waals surface area (Å²) >= 11 is 0. The van der Waals surface area contributed by atoms with Gasteiger partial charge in [0.2, 0.25) is 0 Å². The molecule has 0 bridgehead atoms. The minimum atomic E-state index is -0.570. The van der Waals surface area contributed by atoms with E-state index in [0.717, 1.165) is 29.9 Å². The lowest BCUT2D eigenvalue weighted by Gasteiger charge is -2.24. The number of hydrogen-bond acceptors (Lipinski definition) is 5. The molecule has 196 valence electrons. The fourth-order valence-corrected chi connectivity index (χ4v) is 4.68. The lowest BCUT2D eigenvalue weighted by molar-refractivity contribution is 0.0746. The predicted molar refractivity (Wildman–Crippen MR) is 146 cm³/mol. The Labute approximate surface area is 221 Å². The summed E-state index contributed by atoms with van der Waals surface area (Å²) in [5.41, 5.74) is 5.51. The first-order valence-electron chi connectivity index (χ1n) is 12.8. The van der Waals surface area contributed by atoms with Gasteiger partial charge in [-0.1, -0.05) is 13.0 Å². The van der Waals surface area contributed by atoms with Gasteiger partial charge in [0.15, 0.2) is 5.65 Å². The molecule has 3 heterocycles. The van der Waals surface area contributed by atoms with Crippen LogP contribution in [0.15, 0.2) is 60.9 Å². The summed E-state index contributed by atoms with van der Waals surface area (Å²) in [7, 11) is 1.99. The Kier molecular flexibility index (Phi) is 7.11. The van der Waals surface area contributed by atoms with Crippen LogP contribution in [-0.4, -0.2) is 64.2 Å². The summed E-state index contributed by atoms with van der Waals surface area (Å²) in [6.07, 6.45) is 3.57. The molecule has 0 fully saturated rings. The van der Waals surface area contributed by atoms with E-state index < -0.39 is 5.82 Å². The van der Waals surface area contributed by atoms with Crippen LogP contribution in [0.5, 0.6) is 0 Å². The number of nitrogens with zero attached hydrogens (tertiary/aromatic N) is 4. The molecule has 2 amide bonds.